The summed E-state index contributed by atoms with van der Waals surface area (Å²) in [5.74, 6) is -1.52. The number of nitro groups is 1. The summed E-state index contributed by atoms with van der Waals surface area (Å²) in [6.45, 7) is 0.142. The number of rotatable bonds is 7. The first kappa shape index (κ1) is 24.8. The van der Waals surface area contributed by atoms with Crippen molar-refractivity contribution in [3.63, 3.8) is 0 Å². The van der Waals surface area contributed by atoms with Crippen molar-refractivity contribution in [2.45, 2.75) is 18.9 Å². The van der Waals surface area contributed by atoms with Crippen LogP contribution in [-0.4, -0.2) is 40.1 Å². The fraction of sp³-hybridized carbons (Fsp3) is 0.160. The molecular weight excluding hydrogens is 585 g/mol. The summed E-state index contributed by atoms with van der Waals surface area (Å²) >= 11 is 8.04. The van der Waals surface area contributed by atoms with Crippen LogP contribution in [0, 0.1) is 13.7 Å². The van der Waals surface area contributed by atoms with E-state index in [1.807, 2.05) is 30.3 Å². The first-order valence-electron chi connectivity index (χ1n) is 10.7. The van der Waals surface area contributed by atoms with Crippen LogP contribution in [0.1, 0.15) is 22.3 Å². The lowest BCUT2D eigenvalue weighted by molar-refractivity contribution is -0.384. The van der Waals surface area contributed by atoms with Gasteiger partial charge in [0.25, 0.3) is 17.5 Å². The third kappa shape index (κ3) is 5.35. The molecule has 1 saturated heterocycles. The van der Waals surface area contributed by atoms with Crippen molar-refractivity contribution in [2.24, 2.45) is 0 Å². The minimum atomic E-state index is -1.03. The molecule has 0 radical (unpaired) electrons. The van der Waals surface area contributed by atoms with Crippen LogP contribution in [0.25, 0.3) is 0 Å². The largest absolute Gasteiger partial charge is 0.326 e. The first-order valence-corrected chi connectivity index (χ1v) is 12.1. The second-order valence-corrected chi connectivity index (χ2v) is 9.57. The molecule has 1 atom stereocenters. The number of hydrogen-bond acceptors (Lipinski definition) is 5. The van der Waals surface area contributed by atoms with E-state index in [-0.39, 0.29) is 23.6 Å². The Morgan fingerprint density at radius 2 is 1.77 bits per heavy atom. The van der Waals surface area contributed by atoms with E-state index >= 15 is 0 Å². The SMILES string of the molecule is O=C1CC(N(CCc2ccccc2)C(=O)c2ccc(Cl)c([N+](=O)[O-])c2)C(=O)N1c1ccc(I)cc1. The normalized spacial score (nSPS) is 15.4. The summed E-state index contributed by atoms with van der Waals surface area (Å²) in [5.41, 5.74) is 0.983. The van der Waals surface area contributed by atoms with Crippen molar-refractivity contribution in [3.05, 3.63) is 103 Å². The first-order chi connectivity index (χ1) is 16.8. The Bertz CT molecular complexity index is 1300. The van der Waals surface area contributed by atoms with Crippen LogP contribution in [0.15, 0.2) is 72.8 Å². The zero-order valence-electron chi connectivity index (χ0n) is 18.3. The maximum Gasteiger partial charge on any atom is 0.288 e. The van der Waals surface area contributed by atoms with Crippen LogP contribution in [0.2, 0.25) is 5.02 Å². The smallest absolute Gasteiger partial charge is 0.288 e. The van der Waals surface area contributed by atoms with E-state index in [9.17, 15) is 24.5 Å². The van der Waals surface area contributed by atoms with Gasteiger partial charge in [-0.1, -0.05) is 41.9 Å². The van der Waals surface area contributed by atoms with Crippen molar-refractivity contribution in [3.8, 4) is 0 Å². The lowest BCUT2D eigenvalue weighted by Crippen LogP contribution is -2.46. The molecule has 0 bridgehead atoms. The van der Waals surface area contributed by atoms with Crippen molar-refractivity contribution in [1.82, 2.24) is 4.90 Å². The highest BCUT2D eigenvalue weighted by Crippen LogP contribution is 2.30. The molecule has 1 fully saturated rings. The van der Waals surface area contributed by atoms with E-state index in [1.54, 1.807) is 24.3 Å². The molecule has 0 saturated carbocycles. The van der Waals surface area contributed by atoms with E-state index < -0.39 is 34.4 Å². The van der Waals surface area contributed by atoms with Gasteiger partial charge in [-0.2, -0.15) is 0 Å². The van der Waals surface area contributed by atoms with Crippen LogP contribution in [0.3, 0.4) is 0 Å². The number of anilines is 1. The number of nitrogens with zero attached hydrogens (tertiary/aromatic N) is 3. The molecule has 0 aliphatic carbocycles. The molecular formula is C25H19ClIN3O5. The van der Waals surface area contributed by atoms with Crippen LogP contribution >= 0.6 is 34.2 Å². The lowest BCUT2D eigenvalue weighted by atomic mass is 10.1. The Morgan fingerprint density at radius 3 is 2.43 bits per heavy atom. The third-order valence-corrected chi connectivity index (χ3v) is 6.76. The Morgan fingerprint density at radius 1 is 1.09 bits per heavy atom. The van der Waals surface area contributed by atoms with Crippen LogP contribution < -0.4 is 4.90 Å². The highest BCUT2D eigenvalue weighted by atomic mass is 127. The van der Waals surface area contributed by atoms with Gasteiger partial charge in [0.1, 0.15) is 11.1 Å². The zero-order chi connectivity index (χ0) is 25.1. The molecule has 1 aliphatic heterocycles. The van der Waals surface area contributed by atoms with E-state index in [0.717, 1.165) is 20.1 Å². The predicted octanol–water partition coefficient (Wildman–Crippen LogP) is 4.87. The standard InChI is InChI=1S/C25H19ClIN3O5/c26-20-11-6-17(14-21(20)30(34)35)24(32)28(13-12-16-4-2-1-3-5-16)22-15-23(31)29(25(22)33)19-9-7-18(27)8-10-19/h1-11,14,22H,12-13,15H2. The zero-order valence-corrected chi connectivity index (χ0v) is 21.2. The summed E-state index contributed by atoms with van der Waals surface area (Å²) < 4.78 is 0.950. The topological polar surface area (TPSA) is 101 Å². The summed E-state index contributed by atoms with van der Waals surface area (Å²) in [4.78, 5) is 52.9. The van der Waals surface area contributed by atoms with Crippen molar-refractivity contribution >= 4 is 63.3 Å². The van der Waals surface area contributed by atoms with Crippen molar-refractivity contribution < 1.29 is 19.3 Å². The van der Waals surface area contributed by atoms with Gasteiger partial charge in [-0.05, 0) is 71.0 Å². The monoisotopic (exact) mass is 603 g/mol. The fourth-order valence-electron chi connectivity index (χ4n) is 3.97. The molecule has 0 N–H and O–H groups in total. The molecule has 8 nitrogen and oxygen atoms in total. The van der Waals surface area contributed by atoms with Crippen molar-refractivity contribution in [2.75, 3.05) is 11.4 Å². The molecule has 3 amide bonds. The molecule has 0 aromatic heterocycles. The lowest BCUT2D eigenvalue weighted by Gasteiger charge is -2.28. The number of amides is 3. The average molecular weight is 604 g/mol. The highest BCUT2D eigenvalue weighted by molar-refractivity contribution is 14.1. The molecule has 10 heteroatoms. The van der Waals surface area contributed by atoms with Gasteiger partial charge < -0.3 is 4.90 Å². The Balaban J connectivity index is 1.67. The molecule has 0 spiro atoms. The Hall–Kier alpha value is -3.31. The summed E-state index contributed by atoms with van der Waals surface area (Å²) in [7, 11) is 0. The molecule has 1 aliphatic rings. The maximum atomic E-state index is 13.6. The van der Waals surface area contributed by atoms with E-state index in [4.69, 9.17) is 11.6 Å². The predicted molar refractivity (Wildman–Crippen MR) is 139 cm³/mol. The number of halogens is 2. The van der Waals surface area contributed by atoms with Crippen LogP contribution in [-0.2, 0) is 16.0 Å². The molecule has 1 heterocycles. The minimum Gasteiger partial charge on any atom is -0.326 e. The number of hydrogen-bond donors (Lipinski definition) is 0. The highest BCUT2D eigenvalue weighted by Gasteiger charge is 2.44. The van der Waals surface area contributed by atoms with Gasteiger partial charge in [0.05, 0.1) is 17.0 Å². The number of nitro benzene ring substituents is 1. The molecule has 1 unspecified atom stereocenters. The van der Waals surface area contributed by atoms with Gasteiger partial charge in [-0.15, -0.1) is 0 Å². The number of imide groups is 1. The van der Waals surface area contributed by atoms with Gasteiger partial charge in [-0.3, -0.25) is 24.5 Å². The van der Waals surface area contributed by atoms with Gasteiger partial charge in [-0.25, -0.2) is 4.90 Å². The molecule has 35 heavy (non-hydrogen) atoms. The second kappa shape index (κ2) is 10.5. The van der Waals surface area contributed by atoms with Gasteiger partial charge in [0.15, 0.2) is 0 Å². The Labute approximate surface area is 219 Å². The number of benzene rings is 3. The summed E-state index contributed by atoms with van der Waals surface area (Å²) in [6.07, 6.45) is 0.255. The van der Waals surface area contributed by atoms with Crippen molar-refractivity contribution in [1.29, 1.82) is 0 Å². The summed E-state index contributed by atoms with van der Waals surface area (Å²) in [5, 5.41) is 11.2. The fourth-order valence-corrected chi connectivity index (χ4v) is 4.51. The second-order valence-electron chi connectivity index (χ2n) is 7.92. The third-order valence-electron chi connectivity index (χ3n) is 5.72. The molecule has 4 rings (SSSR count). The molecule has 178 valence electrons. The Kier molecular flexibility index (Phi) is 7.46. The van der Waals surface area contributed by atoms with Crippen LogP contribution in [0.5, 0.6) is 0 Å². The van der Waals surface area contributed by atoms with E-state index in [1.165, 1.54) is 17.0 Å². The van der Waals surface area contributed by atoms with Crippen LogP contribution in [0.4, 0.5) is 11.4 Å². The molecule has 3 aromatic carbocycles. The van der Waals surface area contributed by atoms with Gasteiger partial charge in [0.2, 0.25) is 5.91 Å². The number of carbonyl (C=O) groups is 3. The van der Waals surface area contributed by atoms with Gasteiger partial charge in [0, 0.05) is 21.7 Å². The van der Waals surface area contributed by atoms with Gasteiger partial charge >= 0.3 is 0 Å². The number of carbonyl (C=O) groups excluding carboxylic acids is 3. The average Bonchev–Trinajstić information content (AvgIpc) is 3.14. The minimum absolute atomic E-state index is 0.0159. The van der Waals surface area contributed by atoms with E-state index in [2.05, 4.69) is 22.6 Å². The maximum absolute atomic E-state index is 13.6. The van der Waals surface area contributed by atoms with E-state index in [0.29, 0.717) is 12.1 Å². The summed E-state index contributed by atoms with van der Waals surface area (Å²) in [6, 6.07) is 19.1. The quantitative estimate of drug-likeness (QED) is 0.166. The molecule has 3 aromatic rings.